The molecule has 0 fully saturated rings. The highest BCUT2D eigenvalue weighted by atomic mass is 15.0. The summed E-state index contributed by atoms with van der Waals surface area (Å²) in [7, 11) is 0. The van der Waals surface area contributed by atoms with Gasteiger partial charge in [-0.3, -0.25) is 0 Å². The highest BCUT2D eigenvalue weighted by Gasteiger charge is 2.07. The second-order valence-corrected chi connectivity index (χ2v) is 4.11. The van der Waals surface area contributed by atoms with Crippen molar-refractivity contribution in [3.05, 3.63) is 48.2 Å². The second kappa shape index (κ2) is 4.07. The van der Waals surface area contributed by atoms with Crippen molar-refractivity contribution in [2.45, 2.75) is 6.92 Å². The summed E-state index contributed by atoms with van der Waals surface area (Å²) in [4.78, 5) is 13.2. The molecular formula is C14H12N4. The molecule has 1 aromatic carbocycles. The van der Waals surface area contributed by atoms with Gasteiger partial charge in [-0.05, 0) is 31.2 Å². The van der Waals surface area contributed by atoms with Crippen LogP contribution in [-0.4, -0.2) is 15.0 Å². The van der Waals surface area contributed by atoms with Crippen LogP contribution >= 0.6 is 0 Å². The number of nitrogen functional groups attached to an aromatic ring is 1. The molecule has 0 saturated heterocycles. The minimum Gasteiger partial charge on any atom is -0.383 e. The van der Waals surface area contributed by atoms with E-state index in [2.05, 4.69) is 15.0 Å². The molecule has 0 saturated carbocycles. The summed E-state index contributed by atoms with van der Waals surface area (Å²) in [5.41, 5.74) is 8.47. The Morgan fingerprint density at radius 2 is 1.72 bits per heavy atom. The van der Waals surface area contributed by atoms with E-state index in [-0.39, 0.29) is 0 Å². The number of pyridine rings is 1. The number of hydrogen-bond acceptors (Lipinski definition) is 4. The maximum Gasteiger partial charge on any atom is 0.180 e. The summed E-state index contributed by atoms with van der Waals surface area (Å²) in [6.07, 6.45) is 0. The fraction of sp³-hybridized carbons (Fsp3) is 0.0714. The van der Waals surface area contributed by atoms with Crippen molar-refractivity contribution in [1.82, 2.24) is 15.0 Å². The molecule has 2 heterocycles. The molecule has 3 aromatic rings. The Kier molecular flexibility index (Phi) is 2.41. The van der Waals surface area contributed by atoms with E-state index < -0.39 is 0 Å². The monoisotopic (exact) mass is 236 g/mol. The molecule has 0 unspecified atom stereocenters. The molecule has 88 valence electrons. The number of aryl methyl sites for hydroxylation is 1. The van der Waals surface area contributed by atoms with Gasteiger partial charge in [0.25, 0.3) is 0 Å². The fourth-order valence-electron chi connectivity index (χ4n) is 1.88. The SMILES string of the molecule is Cc1cccc(-c2nc(N)c3ccccc3n2)n1. The van der Waals surface area contributed by atoms with Crippen LogP contribution in [0.15, 0.2) is 42.5 Å². The third kappa shape index (κ3) is 1.78. The number of nitrogens with zero attached hydrogens (tertiary/aromatic N) is 3. The predicted octanol–water partition coefficient (Wildman–Crippen LogP) is 2.58. The van der Waals surface area contributed by atoms with E-state index in [1.54, 1.807) is 0 Å². The molecule has 2 N–H and O–H groups in total. The molecule has 0 aliphatic rings. The highest BCUT2D eigenvalue weighted by molar-refractivity contribution is 5.89. The number of aromatic nitrogens is 3. The lowest BCUT2D eigenvalue weighted by atomic mass is 10.2. The number of anilines is 1. The maximum atomic E-state index is 5.95. The van der Waals surface area contributed by atoms with E-state index >= 15 is 0 Å². The molecule has 2 aromatic heterocycles. The van der Waals surface area contributed by atoms with Crippen LogP contribution in [0.5, 0.6) is 0 Å². The van der Waals surface area contributed by atoms with Crippen LogP contribution in [0.2, 0.25) is 0 Å². The summed E-state index contributed by atoms with van der Waals surface area (Å²) >= 11 is 0. The molecule has 18 heavy (non-hydrogen) atoms. The normalized spacial score (nSPS) is 10.7. The van der Waals surface area contributed by atoms with E-state index in [4.69, 9.17) is 5.73 Å². The Labute approximate surface area is 105 Å². The van der Waals surface area contributed by atoms with Gasteiger partial charge in [0, 0.05) is 11.1 Å². The summed E-state index contributed by atoms with van der Waals surface area (Å²) in [5, 5.41) is 0.869. The first-order valence-corrected chi connectivity index (χ1v) is 5.70. The summed E-state index contributed by atoms with van der Waals surface area (Å²) < 4.78 is 0. The molecule has 0 bridgehead atoms. The van der Waals surface area contributed by atoms with Crippen LogP contribution in [0.3, 0.4) is 0 Å². The number of nitrogens with two attached hydrogens (primary N) is 1. The molecular weight excluding hydrogens is 224 g/mol. The fourth-order valence-corrected chi connectivity index (χ4v) is 1.88. The van der Waals surface area contributed by atoms with Crippen LogP contribution in [0.1, 0.15) is 5.69 Å². The van der Waals surface area contributed by atoms with Gasteiger partial charge >= 0.3 is 0 Å². The quantitative estimate of drug-likeness (QED) is 0.705. The van der Waals surface area contributed by atoms with Crippen molar-refractivity contribution in [2.75, 3.05) is 5.73 Å². The zero-order valence-electron chi connectivity index (χ0n) is 9.96. The van der Waals surface area contributed by atoms with E-state index in [9.17, 15) is 0 Å². The molecule has 4 heteroatoms. The van der Waals surface area contributed by atoms with E-state index in [1.807, 2.05) is 49.4 Å². The van der Waals surface area contributed by atoms with Gasteiger partial charge in [0.2, 0.25) is 0 Å². The lowest BCUT2D eigenvalue weighted by Gasteiger charge is -2.05. The molecule has 0 aliphatic carbocycles. The molecule has 4 nitrogen and oxygen atoms in total. The van der Waals surface area contributed by atoms with Gasteiger partial charge in [-0.25, -0.2) is 15.0 Å². The van der Waals surface area contributed by atoms with Crippen molar-refractivity contribution < 1.29 is 0 Å². The standard InChI is InChI=1S/C14H12N4/c1-9-5-4-8-12(16-9)14-17-11-7-3-2-6-10(11)13(15)18-14/h2-8H,1H3,(H2,15,17,18). The maximum absolute atomic E-state index is 5.95. The van der Waals surface area contributed by atoms with E-state index in [0.717, 1.165) is 22.3 Å². The molecule has 0 spiro atoms. The number of benzene rings is 1. The topological polar surface area (TPSA) is 64.7 Å². The smallest absolute Gasteiger partial charge is 0.180 e. The Morgan fingerprint density at radius 3 is 2.56 bits per heavy atom. The van der Waals surface area contributed by atoms with Gasteiger partial charge in [0.1, 0.15) is 11.5 Å². The van der Waals surface area contributed by atoms with Gasteiger partial charge in [-0.15, -0.1) is 0 Å². The van der Waals surface area contributed by atoms with Gasteiger partial charge in [-0.2, -0.15) is 0 Å². The van der Waals surface area contributed by atoms with Crippen molar-refractivity contribution in [1.29, 1.82) is 0 Å². The van der Waals surface area contributed by atoms with Gasteiger partial charge < -0.3 is 5.73 Å². The number of para-hydroxylation sites is 1. The molecule has 0 amide bonds. The second-order valence-electron chi connectivity index (χ2n) is 4.11. The average molecular weight is 236 g/mol. The first kappa shape index (κ1) is 10.7. The van der Waals surface area contributed by atoms with Crippen molar-refractivity contribution >= 4 is 16.7 Å². The molecule has 3 rings (SSSR count). The molecule has 0 atom stereocenters. The van der Waals surface area contributed by atoms with E-state index in [0.29, 0.717) is 11.6 Å². The van der Waals surface area contributed by atoms with Crippen LogP contribution in [-0.2, 0) is 0 Å². The Bertz CT molecular complexity index is 722. The molecule has 0 aliphatic heterocycles. The van der Waals surface area contributed by atoms with Crippen molar-refractivity contribution in [3.63, 3.8) is 0 Å². The number of hydrogen-bond donors (Lipinski definition) is 1. The van der Waals surface area contributed by atoms with Gasteiger partial charge in [-0.1, -0.05) is 18.2 Å². The number of fused-ring (bicyclic) bond motifs is 1. The van der Waals surface area contributed by atoms with Crippen LogP contribution in [0, 0.1) is 6.92 Å². The minimum absolute atomic E-state index is 0.485. The van der Waals surface area contributed by atoms with E-state index in [1.165, 1.54) is 0 Å². The van der Waals surface area contributed by atoms with Crippen LogP contribution in [0.4, 0.5) is 5.82 Å². The Morgan fingerprint density at radius 1 is 0.889 bits per heavy atom. The first-order chi connectivity index (χ1) is 8.74. The van der Waals surface area contributed by atoms with Crippen LogP contribution < -0.4 is 5.73 Å². The summed E-state index contributed by atoms with van der Waals surface area (Å²) in [5.74, 6) is 1.05. The summed E-state index contributed by atoms with van der Waals surface area (Å²) in [6, 6.07) is 13.5. The van der Waals surface area contributed by atoms with Gasteiger partial charge in [0.05, 0.1) is 5.52 Å². The largest absolute Gasteiger partial charge is 0.383 e. The predicted molar refractivity (Wildman–Crippen MR) is 71.9 cm³/mol. The van der Waals surface area contributed by atoms with Crippen molar-refractivity contribution in [2.24, 2.45) is 0 Å². The lowest BCUT2D eigenvalue weighted by molar-refractivity contribution is 1.14. The van der Waals surface area contributed by atoms with Gasteiger partial charge in [0.15, 0.2) is 5.82 Å². The number of rotatable bonds is 1. The minimum atomic E-state index is 0.485. The third-order valence-corrected chi connectivity index (χ3v) is 2.75. The first-order valence-electron chi connectivity index (χ1n) is 5.70. The van der Waals surface area contributed by atoms with Crippen LogP contribution in [0.25, 0.3) is 22.4 Å². The van der Waals surface area contributed by atoms with Crippen molar-refractivity contribution in [3.8, 4) is 11.5 Å². The highest BCUT2D eigenvalue weighted by Crippen LogP contribution is 2.21. The Hall–Kier alpha value is -2.49. The zero-order chi connectivity index (χ0) is 12.5. The molecule has 0 radical (unpaired) electrons. The summed E-state index contributed by atoms with van der Waals surface area (Å²) in [6.45, 7) is 1.94. The average Bonchev–Trinajstić information content (AvgIpc) is 2.39. The Balaban J connectivity index is 2.24. The third-order valence-electron chi connectivity index (χ3n) is 2.75. The lowest BCUT2D eigenvalue weighted by Crippen LogP contribution is -1.99. The zero-order valence-corrected chi connectivity index (χ0v) is 9.96.